The van der Waals surface area contributed by atoms with E-state index < -0.39 is 29.3 Å². The summed E-state index contributed by atoms with van der Waals surface area (Å²) >= 11 is 6.76. The van der Waals surface area contributed by atoms with Crippen molar-refractivity contribution in [2.75, 3.05) is 11.4 Å². The fraction of sp³-hybridized carbons (Fsp3) is 0.156. The van der Waals surface area contributed by atoms with Crippen molar-refractivity contribution in [3.63, 3.8) is 0 Å². The summed E-state index contributed by atoms with van der Waals surface area (Å²) in [6.07, 6.45) is -2.86. The van der Waals surface area contributed by atoms with Crippen LogP contribution in [0.1, 0.15) is 28.3 Å². The number of halogens is 4. The summed E-state index contributed by atoms with van der Waals surface area (Å²) in [6, 6.07) is 21.9. The van der Waals surface area contributed by atoms with Crippen LogP contribution in [-0.4, -0.2) is 27.2 Å². The molecule has 0 saturated carbocycles. The Balaban J connectivity index is 1.66. The summed E-state index contributed by atoms with van der Waals surface area (Å²) < 4.78 is 42.7. The fourth-order valence-corrected chi connectivity index (χ4v) is 5.89. The summed E-state index contributed by atoms with van der Waals surface area (Å²) in [5, 5.41) is 10.7. The first-order valence-corrected chi connectivity index (χ1v) is 13.5. The second-order valence-corrected chi connectivity index (χ2v) is 10.5. The first kappa shape index (κ1) is 27.5. The molecule has 10 heteroatoms. The quantitative estimate of drug-likeness (QED) is 0.231. The van der Waals surface area contributed by atoms with Gasteiger partial charge in [0.2, 0.25) is 0 Å². The molecular weight excluding hydrogens is 567 g/mol. The minimum absolute atomic E-state index is 0.0661. The van der Waals surface area contributed by atoms with Gasteiger partial charge >= 0.3 is 12.1 Å². The van der Waals surface area contributed by atoms with Crippen molar-refractivity contribution in [2.24, 2.45) is 0 Å². The van der Waals surface area contributed by atoms with Gasteiger partial charge in [0, 0.05) is 30.1 Å². The van der Waals surface area contributed by atoms with Crippen molar-refractivity contribution in [1.29, 1.82) is 0 Å². The Morgan fingerprint density at radius 2 is 1.76 bits per heavy atom. The number of carboxylic acids is 1. The monoisotopic (exact) mass is 589 g/mol. The van der Waals surface area contributed by atoms with Gasteiger partial charge in [0.25, 0.3) is 5.56 Å². The first-order valence-electron chi connectivity index (χ1n) is 13.1. The molecule has 1 aliphatic rings. The molecule has 0 radical (unpaired) electrons. The number of hydrogen-bond donors (Lipinski definition) is 1. The number of nitrogens with zero attached hydrogens (tertiary/aromatic N) is 3. The van der Waals surface area contributed by atoms with E-state index >= 15 is 0 Å². The van der Waals surface area contributed by atoms with Crippen LogP contribution in [-0.2, 0) is 23.9 Å². The molecule has 0 fully saturated rings. The highest BCUT2D eigenvalue weighted by molar-refractivity contribution is 6.32. The molecule has 1 atom stereocenters. The van der Waals surface area contributed by atoms with Crippen molar-refractivity contribution in [2.45, 2.75) is 25.2 Å². The zero-order chi connectivity index (χ0) is 29.6. The second-order valence-electron chi connectivity index (χ2n) is 10.1. The van der Waals surface area contributed by atoms with Crippen LogP contribution < -0.4 is 10.5 Å². The van der Waals surface area contributed by atoms with Gasteiger partial charge in [0.05, 0.1) is 17.6 Å². The number of aliphatic carboxylic acids is 1. The molecule has 3 heterocycles. The van der Waals surface area contributed by atoms with E-state index in [-0.39, 0.29) is 41.5 Å². The molecule has 1 N–H and O–H groups in total. The summed E-state index contributed by atoms with van der Waals surface area (Å²) in [6.45, 7) is 0.165. The Morgan fingerprint density at radius 1 is 1.00 bits per heavy atom. The number of pyridine rings is 2. The summed E-state index contributed by atoms with van der Waals surface area (Å²) in [7, 11) is 0. The molecule has 0 amide bonds. The van der Waals surface area contributed by atoms with E-state index in [2.05, 4.69) is 4.98 Å². The molecule has 6 rings (SSSR count). The fourth-order valence-electron chi connectivity index (χ4n) is 5.64. The first-order chi connectivity index (χ1) is 20.1. The van der Waals surface area contributed by atoms with Crippen molar-refractivity contribution in [1.82, 2.24) is 9.55 Å². The average Bonchev–Trinajstić information content (AvgIpc) is 3.35. The van der Waals surface area contributed by atoms with Gasteiger partial charge in [-0.25, -0.2) is 4.79 Å². The van der Waals surface area contributed by atoms with Crippen molar-refractivity contribution < 1.29 is 23.1 Å². The number of fused-ring (bicyclic) bond motifs is 2. The van der Waals surface area contributed by atoms with Crippen molar-refractivity contribution >= 4 is 34.3 Å². The van der Waals surface area contributed by atoms with Gasteiger partial charge in [-0.1, -0.05) is 72.3 Å². The van der Waals surface area contributed by atoms with Gasteiger partial charge in [-0.2, -0.15) is 13.2 Å². The van der Waals surface area contributed by atoms with Gasteiger partial charge in [-0.05, 0) is 46.5 Å². The number of carboxylic acid groups (broad SMARTS) is 1. The molecule has 3 aromatic carbocycles. The zero-order valence-corrected chi connectivity index (χ0v) is 22.7. The SMILES string of the molecule is O=C(O)C1CN(Cc2ccccc2)c2c(-c3cccc(C(F)(F)F)c3)c(Cc3cccc4ncccc34)c(Cl)c(=O)n21. The molecular formula is C32H23ClF3N3O3. The Kier molecular flexibility index (Phi) is 6.98. The zero-order valence-electron chi connectivity index (χ0n) is 22.0. The number of rotatable bonds is 6. The van der Waals surface area contributed by atoms with Gasteiger partial charge in [0.15, 0.2) is 6.04 Å². The molecule has 0 aliphatic carbocycles. The number of alkyl halides is 3. The topological polar surface area (TPSA) is 75.4 Å². The van der Waals surface area contributed by atoms with Gasteiger partial charge in [-0.3, -0.25) is 14.3 Å². The van der Waals surface area contributed by atoms with Crippen LogP contribution in [0, 0.1) is 0 Å². The Labute approximate surface area is 243 Å². The number of benzene rings is 3. The maximum atomic E-state index is 13.9. The lowest BCUT2D eigenvalue weighted by atomic mass is 9.92. The van der Waals surface area contributed by atoms with Crippen molar-refractivity contribution in [3.8, 4) is 11.1 Å². The maximum absolute atomic E-state index is 13.9. The van der Waals surface area contributed by atoms with Crippen molar-refractivity contribution in [3.05, 3.63) is 129 Å². The standard InChI is InChI=1S/C32H23ClF3N3O3/c33-28-24(16-20-9-5-13-25-23(20)12-6-14-37-25)27(21-10-4-11-22(15-21)32(34,35)36)29-38(17-19-7-2-1-3-8-19)18-26(31(41)42)39(29)30(28)40/h1-15,26H,16-18H2,(H,41,42). The lowest BCUT2D eigenvalue weighted by molar-refractivity contribution is -0.140. The Morgan fingerprint density at radius 3 is 2.50 bits per heavy atom. The molecule has 1 unspecified atom stereocenters. The highest BCUT2D eigenvalue weighted by Crippen LogP contribution is 2.44. The van der Waals surface area contributed by atoms with Gasteiger partial charge < -0.3 is 10.0 Å². The highest BCUT2D eigenvalue weighted by Gasteiger charge is 2.39. The molecule has 212 valence electrons. The third kappa shape index (κ3) is 4.90. The lowest BCUT2D eigenvalue weighted by Gasteiger charge is -2.25. The average molecular weight is 590 g/mol. The van der Waals surface area contributed by atoms with Crippen LogP contribution in [0.4, 0.5) is 19.0 Å². The number of hydrogen-bond acceptors (Lipinski definition) is 4. The third-order valence-electron chi connectivity index (χ3n) is 7.51. The van der Waals surface area contributed by atoms with Crippen LogP contribution in [0.15, 0.2) is 95.9 Å². The van der Waals surface area contributed by atoms with E-state index in [1.807, 2.05) is 54.6 Å². The van der Waals surface area contributed by atoms with E-state index in [4.69, 9.17) is 11.6 Å². The molecule has 5 aromatic rings. The van der Waals surface area contributed by atoms with E-state index in [0.29, 0.717) is 11.1 Å². The van der Waals surface area contributed by atoms with E-state index in [1.165, 1.54) is 12.1 Å². The highest BCUT2D eigenvalue weighted by atomic mass is 35.5. The second kappa shape index (κ2) is 10.6. The predicted molar refractivity (Wildman–Crippen MR) is 155 cm³/mol. The largest absolute Gasteiger partial charge is 0.480 e. The van der Waals surface area contributed by atoms with Crippen LogP contribution >= 0.6 is 11.6 Å². The smallest absolute Gasteiger partial charge is 0.416 e. The van der Waals surface area contributed by atoms with Gasteiger partial charge in [0.1, 0.15) is 10.8 Å². The summed E-state index contributed by atoms with van der Waals surface area (Å²) in [4.78, 5) is 32.3. The van der Waals surface area contributed by atoms with Crippen LogP contribution in [0.3, 0.4) is 0 Å². The lowest BCUT2D eigenvalue weighted by Crippen LogP contribution is -2.29. The Hall–Kier alpha value is -4.63. The van der Waals surface area contributed by atoms with Crippen LogP contribution in [0.25, 0.3) is 22.0 Å². The normalized spacial score (nSPS) is 14.8. The Bertz CT molecular complexity index is 1880. The molecule has 0 spiro atoms. The van der Waals surface area contributed by atoms with Crippen LogP contribution in [0.5, 0.6) is 0 Å². The molecule has 6 nitrogen and oxygen atoms in total. The number of carbonyl (C=O) groups is 1. The van der Waals surface area contributed by atoms with Gasteiger partial charge in [-0.15, -0.1) is 0 Å². The maximum Gasteiger partial charge on any atom is 0.416 e. The molecule has 0 saturated heterocycles. The van der Waals surface area contributed by atoms with Crippen LogP contribution in [0.2, 0.25) is 5.02 Å². The summed E-state index contributed by atoms with van der Waals surface area (Å²) in [5.74, 6) is -1.03. The predicted octanol–water partition coefficient (Wildman–Crippen LogP) is 6.97. The molecule has 42 heavy (non-hydrogen) atoms. The van der Waals surface area contributed by atoms with E-state index in [0.717, 1.165) is 33.2 Å². The summed E-state index contributed by atoms with van der Waals surface area (Å²) in [5.41, 5.74) is 1.51. The third-order valence-corrected chi connectivity index (χ3v) is 7.90. The minimum atomic E-state index is -4.62. The number of anilines is 1. The number of aromatic nitrogens is 2. The van der Waals surface area contributed by atoms with E-state index in [9.17, 15) is 27.9 Å². The van der Waals surface area contributed by atoms with E-state index in [1.54, 1.807) is 17.2 Å². The molecule has 2 aromatic heterocycles. The minimum Gasteiger partial charge on any atom is -0.480 e. The molecule has 0 bridgehead atoms. The molecule has 1 aliphatic heterocycles.